The van der Waals surface area contributed by atoms with Gasteiger partial charge in [0.05, 0.1) is 12.1 Å². The second-order valence-corrected chi connectivity index (χ2v) is 6.79. The molecule has 0 aromatic heterocycles. The van der Waals surface area contributed by atoms with Gasteiger partial charge in [0, 0.05) is 17.7 Å². The van der Waals surface area contributed by atoms with Crippen LogP contribution < -0.4 is 14.8 Å². The Hall–Kier alpha value is -2.27. The van der Waals surface area contributed by atoms with Gasteiger partial charge >= 0.3 is 0 Å². The summed E-state index contributed by atoms with van der Waals surface area (Å²) in [4.78, 5) is 0. The summed E-state index contributed by atoms with van der Waals surface area (Å²) in [7, 11) is 1.61. The predicted molar refractivity (Wildman–Crippen MR) is 118 cm³/mol. The first-order chi connectivity index (χ1) is 13.7. The molecule has 1 N–H and O–H groups in total. The Morgan fingerprint density at radius 2 is 1.76 bits per heavy atom. The van der Waals surface area contributed by atoms with Gasteiger partial charge in [-0.25, -0.2) is 4.39 Å². The largest absolute Gasteiger partial charge is 0.493 e. The SMILES string of the molecule is COc1cccc(CNCCc2ccccc2)c1OCc1ccc(F)cc1Cl.Cl. The molecule has 3 aromatic carbocycles. The molecule has 6 heteroatoms. The first kappa shape index (κ1) is 23.0. The van der Waals surface area contributed by atoms with E-state index in [1.807, 2.05) is 36.4 Å². The van der Waals surface area contributed by atoms with Crippen LogP contribution in [0.5, 0.6) is 11.5 Å². The number of benzene rings is 3. The average molecular weight is 436 g/mol. The normalized spacial score (nSPS) is 10.3. The molecule has 3 rings (SSSR count). The molecule has 0 spiro atoms. The molecule has 0 bridgehead atoms. The maximum Gasteiger partial charge on any atom is 0.166 e. The van der Waals surface area contributed by atoms with Crippen LogP contribution in [0.3, 0.4) is 0 Å². The van der Waals surface area contributed by atoms with Gasteiger partial charge in [-0.2, -0.15) is 0 Å². The van der Waals surface area contributed by atoms with Crippen LogP contribution in [0.4, 0.5) is 4.39 Å². The van der Waals surface area contributed by atoms with Crippen molar-refractivity contribution < 1.29 is 13.9 Å². The van der Waals surface area contributed by atoms with Crippen molar-refractivity contribution in [1.29, 1.82) is 0 Å². The van der Waals surface area contributed by atoms with Crippen LogP contribution in [0.25, 0.3) is 0 Å². The summed E-state index contributed by atoms with van der Waals surface area (Å²) in [5.74, 6) is 0.951. The summed E-state index contributed by atoms with van der Waals surface area (Å²) in [5, 5.41) is 3.79. The summed E-state index contributed by atoms with van der Waals surface area (Å²) in [6.45, 7) is 1.73. The highest BCUT2D eigenvalue weighted by atomic mass is 35.5. The molecule has 0 aliphatic rings. The monoisotopic (exact) mass is 435 g/mol. The average Bonchev–Trinajstić information content (AvgIpc) is 2.71. The lowest BCUT2D eigenvalue weighted by Crippen LogP contribution is -2.17. The third-order valence-corrected chi connectivity index (χ3v) is 4.77. The summed E-state index contributed by atoms with van der Waals surface area (Å²) >= 11 is 6.11. The highest BCUT2D eigenvalue weighted by Crippen LogP contribution is 2.32. The molecule has 0 unspecified atom stereocenters. The van der Waals surface area contributed by atoms with Crippen LogP contribution in [0.15, 0.2) is 66.7 Å². The fraction of sp³-hybridized carbons (Fsp3) is 0.217. The number of para-hydroxylation sites is 1. The first-order valence-electron chi connectivity index (χ1n) is 9.14. The number of rotatable bonds is 9. The van der Waals surface area contributed by atoms with Crippen molar-refractivity contribution in [3.63, 3.8) is 0 Å². The van der Waals surface area contributed by atoms with Crippen molar-refractivity contribution in [3.8, 4) is 11.5 Å². The molecule has 0 saturated heterocycles. The smallest absolute Gasteiger partial charge is 0.166 e. The Morgan fingerprint density at radius 1 is 0.966 bits per heavy atom. The Bertz CT molecular complexity index is 907. The van der Waals surface area contributed by atoms with E-state index in [0.29, 0.717) is 23.1 Å². The van der Waals surface area contributed by atoms with Crippen molar-refractivity contribution in [1.82, 2.24) is 5.32 Å². The van der Waals surface area contributed by atoms with Crippen LogP contribution in [0, 0.1) is 5.82 Å². The van der Waals surface area contributed by atoms with E-state index in [1.54, 1.807) is 13.2 Å². The molecule has 3 aromatic rings. The predicted octanol–water partition coefficient (Wildman–Crippen LogP) is 5.82. The van der Waals surface area contributed by atoms with Crippen LogP contribution in [0.1, 0.15) is 16.7 Å². The molecule has 0 heterocycles. The second-order valence-electron chi connectivity index (χ2n) is 6.39. The fourth-order valence-corrected chi connectivity index (χ4v) is 3.14. The van der Waals surface area contributed by atoms with E-state index in [9.17, 15) is 4.39 Å². The maximum absolute atomic E-state index is 13.2. The highest BCUT2D eigenvalue weighted by molar-refractivity contribution is 6.31. The van der Waals surface area contributed by atoms with Gasteiger partial charge < -0.3 is 14.8 Å². The van der Waals surface area contributed by atoms with Crippen LogP contribution >= 0.6 is 24.0 Å². The molecule has 0 atom stereocenters. The third-order valence-electron chi connectivity index (χ3n) is 4.42. The lowest BCUT2D eigenvalue weighted by molar-refractivity contribution is 0.280. The fourth-order valence-electron chi connectivity index (χ4n) is 2.91. The minimum absolute atomic E-state index is 0. The zero-order chi connectivity index (χ0) is 19.8. The van der Waals surface area contributed by atoms with Gasteiger partial charge in [0.15, 0.2) is 11.5 Å². The van der Waals surface area contributed by atoms with Crippen LogP contribution in [0.2, 0.25) is 5.02 Å². The van der Waals surface area contributed by atoms with Crippen molar-refractivity contribution in [3.05, 3.63) is 94.3 Å². The van der Waals surface area contributed by atoms with Gasteiger partial charge in [-0.3, -0.25) is 0 Å². The number of ether oxygens (including phenoxy) is 2. The summed E-state index contributed by atoms with van der Waals surface area (Å²) in [5.41, 5.74) is 3.01. The van der Waals surface area contributed by atoms with Crippen molar-refractivity contribution in [2.75, 3.05) is 13.7 Å². The molecule has 0 aliphatic heterocycles. The molecule has 0 saturated carbocycles. The van der Waals surface area contributed by atoms with Crippen LogP contribution in [-0.4, -0.2) is 13.7 Å². The Kier molecular flexibility index (Phi) is 9.26. The van der Waals surface area contributed by atoms with E-state index in [0.717, 1.165) is 24.1 Å². The minimum atomic E-state index is -0.366. The Labute approximate surface area is 182 Å². The van der Waals surface area contributed by atoms with Gasteiger partial charge in [-0.15, -0.1) is 12.4 Å². The highest BCUT2D eigenvalue weighted by Gasteiger charge is 2.12. The molecular formula is C23H24Cl2FNO2. The molecular weight excluding hydrogens is 412 g/mol. The van der Waals surface area contributed by atoms with E-state index < -0.39 is 0 Å². The van der Waals surface area contributed by atoms with E-state index in [1.165, 1.54) is 17.7 Å². The third kappa shape index (κ3) is 6.64. The summed E-state index contributed by atoms with van der Waals surface area (Å²) < 4.78 is 24.7. The number of hydrogen-bond donors (Lipinski definition) is 1. The van der Waals surface area contributed by atoms with E-state index in [4.69, 9.17) is 21.1 Å². The lowest BCUT2D eigenvalue weighted by atomic mass is 10.1. The van der Waals surface area contributed by atoms with E-state index in [2.05, 4.69) is 17.4 Å². The number of hydrogen-bond acceptors (Lipinski definition) is 3. The van der Waals surface area contributed by atoms with Crippen LogP contribution in [-0.2, 0) is 19.6 Å². The topological polar surface area (TPSA) is 30.5 Å². The molecule has 3 nitrogen and oxygen atoms in total. The van der Waals surface area contributed by atoms with Gasteiger partial charge in [0.2, 0.25) is 0 Å². The second kappa shape index (κ2) is 11.7. The molecule has 0 fully saturated rings. The van der Waals surface area contributed by atoms with Gasteiger partial charge in [0.1, 0.15) is 12.4 Å². The Morgan fingerprint density at radius 3 is 2.48 bits per heavy atom. The number of methoxy groups -OCH3 is 1. The van der Waals surface area contributed by atoms with Crippen molar-refractivity contribution >= 4 is 24.0 Å². The van der Waals surface area contributed by atoms with Crippen molar-refractivity contribution in [2.24, 2.45) is 0 Å². The maximum atomic E-state index is 13.2. The minimum Gasteiger partial charge on any atom is -0.493 e. The standard InChI is InChI=1S/C23H23ClFNO2.ClH/c1-27-22-9-5-8-18(15-26-13-12-17-6-3-2-4-7-17)23(22)28-16-19-10-11-20(25)14-21(19)24;/h2-11,14,26H,12-13,15-16H2,1H3;1H. The zero-order valence-corrected chi connectivity index (χ0v) is 17.7. The number of nitrogens with one attached hydrogen (secondary N) is 1. The molecule has 29 heavy (non-hydrogen) atoms. The van der Waals surface area contributed by atoms with Gasteiger partial charge in [0.25, 0.3) is 0 Å². The quantitative estimate of drug-likeness (QED) is 0.429. The van der Waals surface area contributed by atoms with Crippen molar-refractivity contribution in [2.45, 2.75) is 19.6 Å². The summed E-state index contributed by atoms with van der Waals surface area (Å²) in [6, 6.07) is 20.4. The van der Waals surface area contributed by atoms with Gasteiger partial charge in [-0.05, 0) is 36.7 Å². The summed E-state index contributed by atoms with van der Waals surface area (Å²) in [6.07, 6.45) is 0.951. The van der Waals surface area contributed by atoms with E-state index in [-0.39, 0.29) is 24.8 Å². The molecule has 154 valence electrons. The molecule has 0 radical (unpaired) electrons. The first-order valence-corrected chi connectivity index (χ1v) is 9.52. The Balaban J connectivity index is 0.00000300. The lowest BCUT2D eigenvalue weighted by Gasteiger charge is -2.16. The van der Waals surface area contributed by atoms with Gasteiger partial charge in [-0.1, -0.05) is 60.1 Å². The number of halogens is 3. The zero-order valence-electron chi connectivity index (χ0n) is 16.2. The van der Waals surface area contributed by atoms with E-state index >= 15 is 0 Å². The molecule has 0 amide bonds. The molecule has 0 aliphatic carbocycles.